The van der Waals surface area contributed by atoms with Gasteiger partial charge in [-0.3, -0.25) is 4.99 Å². The van der Waals surface area contributed by atoms with Crippen LogP contribution in [0.3, 0.4) is 0 Å². The van der Waals surface area contributed by atoms with Crippen LogP contribution >= 0.6 is 0 Å². The lowest BCUT2D eigenvalue weighted by Gasteiger charge is -2.24. The molecule has 0 saturated carbocycles. The zero-order chi connectivity index (χ0) is 15.6. The summed E-state index contributed by atoms with van der Waals surface area (Å²) in [6.45, 7) is 4.80. The number of aliphatic imine (C=N–C) groups is 1. The molecule has 0 radical (unpaired) electrons. The van der Waals surface area contributed by atoms with E-state index in [2.05, 4.69) is 22.3 Å². The van der Waals surface area contributed by atoms with E-state index in [-0.39, 0.29) is 0 Å². The summed E-state index contributed by atoms with van der Waals surface area (Å²) < 4.78 is 16.2. The van der Waals surface area contributed by atoms with Crippen molar-refractivity contribution in [3.05, 3.63) is 24.2 Å². The highest BCUT2D eigenvalue weighted by Crippen LogP contribution is 2.13. The first-order valence-corrected chi connectivity index (χ1v) is 7.89. The van der Waals surface area contributed by atoms with Crippen molar-refractivity contribution in [3.8, 4) is 0 Å². The third kappa shape index (κ3) is 5.69. The Kier molecular flexibility index (Phi) is 7.25. The monoisotopic (exact) mass is 309 g/mol. The molecular weight excluding hydrogens is 282 g/mol. The second-order valence-electron chi connectivity index (χ2n) is 5.57. The largest absolute Gasteiger partial charge is 0.467 e. The van der Waals surface area contributed by atoms with Crippen LogP contribution in [-0.4, -0.2) is 57.9 Å². The fraction of sp³-hybridized carbons (Fsp3) is 0.688. The highest BCUT2D eigenvalue weighted by atomic mass is 16.5. The van der Waals surface area contributed by atoms with Crippen molar-refractivity contribution in [2.24, 2.45) is 10.9 Å². The predicted octanol–water partition coefficient (Wildman–Crippen LogP) is 1.73. The Morgan fingerprint density at radius 2 is 2.45 bits per heavy atom. The SMILES string of the molecule is CN=C(NCCCOCc1ccco1)N(C)CC1CCOC1. The van der Waals surface area contributed by atoms with Crippen LogP contribution in [0.5, 0.6) is 0 Å². The van der Waals surface area contributed by atoms with E-state index in [1.54, 1.807) is 6.26 Å². The molecular formula is C16H27N3O3. The molecule has 6 heteroatoms. The highest BCUT2D eigenvalue weighted by Gasteiger charge is 2.18. The Labute approximate surface area is 132 Å². The molecule has 2 rings (SSSR count). The van der Waals surface area contributed by atoms with Gasteiger partial charge < -0.3 is 24.1 Å². The maximum absolute atomic E-state index is 5.56. The third-order valence-corrected chi connectivity index (χ3v) is 3.70. The number of furan rings is 1. The molecule has 1 aromatic heterocycles. The summed E-state index contributed by atoms with van der Waals surface area (Å²) in [7, 11) is 3.89. The topological polar surface area (TPSA) is 59.2 Å². The second-order valence-corrected chi connectivity index (χ2v) is 5.57. The van der Waals surface area contributed by atoms with Crippen LogP contribution in [0.25, 0.3) is 0 Å². The highest BCUT2D eigenvalue weighted by molar-refractivity contribution is 5.79. The Bertz CT molecular complexity index is 428. The maximum atomic E-state index is 5.56. The van der Waals surface area contributed by atoms with Crippen molar-refractivity contribution in [2.75, 3.05) is 47.0 Å². The van der Waals surface area contributed by atoms with Gasteiger partial charge in [0, 0.05) is 46.3 Å². The van der Waals surface area contributed by atoms with Gasteiger partial charge in [-0.2, -0.15) is 0 Å². The lowest BCUT2D eigenvalue weighted by Crippen LogP contribution is -2.42. The Morgan fingerprint density at radius 3 is 3.14 bits per heavy atom. The first-order valence-electron chi connectivity index (χ1n) is 7.89. The molecule has 124 valence electrons. The number of rotatable bonds is 8. The first-order chi connectivity index (χ1) is 10.8. The van der Waals surface area contributed by atoms with Gasteiger partial charge in [0.15, 0.2) is 5.96 Å². The number of ether oxygens (including phenoxy) is 2. The van der Waals surface area contributed by atoms with Crippen molar-refractivity contribution in [3.63, 3.8) is 0 Å². The number of nitrogens with zero attached hydrogens (tertiary/aromatic N) is 2. The minimum Gasteiger partial charge on any atom is -0.467 e. The summed E-state index contributed by atoms with van der Waals surface area (Å²) in [6.07, 6.45) is 3.73. The van der Waals surface area contributed by atoms with Gasteiger partial charge in [-0.1, -0.05) is 0 Å². The average molecular weight is 309 g/mol. The number of guanidine groups is 1. The van der Waals surface area contributed by atoms with E-state index < -0.39 is 0 Å². The minimum absolute atomic E-state index is 0.531. The lowest BCUT2D eigenvalue weighted by molar-refractivity contribution is 0.104. The van der Waals surface area contributed by atoms with Crippen molar-refractivity contribution in [1.29, 1.82) is 0 Å². The predicted molar refractivity (Wildman–Crippen MR) is 85.9 cm³/mol. The van der Waals surface area contributed by atoms with Crippen molar-refractivity contribution < 1.29 is 13.9 Å². The van der Waals surface area contributed by atoms with E-state index in [9.17, 15) is 0 Å². The molecule has 6 nitrogen and oxygen atoms in total. The summed E-state index contributed by atoms with van der Waals surface area (Å²) >= 11 is 0. The van der Waals surface area contributed by atoms with Gasteiger partial charge in [-0.05, 0) is 25.0 Å². The van der Waals surface area contributed by atoms with Crippen LogP contribution in [0.2, 0.25) is 0 Å². The molecule has 0 bridgehead atoms. The lowest BCUT2D eigenvalue weighted by atomic mass is 10.1. The maximum Gasteiger partial charge on any atom is 0.193 e. The van der Waals surface area contributed by atoms with E-state index in [1.165, 1.54) is 0 Å². The minimum atomic E-state index is 0.531. The molecule has 2 heterocycles. The van der Waals surface area contributed by atoms with Crippen molar-refractivity contribution in [1.82, 2.24) is 10.2 Å². The van der Waals surface area contributed by atoms with Gasteiger partial charge in [-0.25, -0.2) is 0 Å². The fourth-order valence-electron chi connectivity index (χ4n) is 2.53. The van der Waals surface area contributed by atoms with E-state index >= 15 is 0 Å². The smallest absolute Gasteiger partial charge is 0.193 e. The van der Waals surface area contributed by atoms with E-state index in [1.807, 2.05) is 19.2 Å². The van der Waals surface area contributed by atoms with Crippen LogP contribution in [0.15, 0.2) is 27.8 Å². The normalized spacial score (nSPS) is 18.6. The van der Waals surface area contributed by atoms with E-state index in [4.69, 9.17) is 13.9 Å². The molecule has 0 amide bonds. The molecule has 1 aliphatic rings. The average Bonchev–Trinajstić information content (AvgIpc) is 3.20. The van der Waals surface area contributed by atoms with E-state index in [0.29, 0.717) is 19.1 Å². The van der Waals surface area contributed by atoms with Crippen molar-refractivity contribution >= 4 is 5.96 Å². The van der Waals surface area contributed by atoms with Gasteiger partial charge >= 0.3 is 0 Å². The Balaban J connectivity index is 1.55. The van der Waals surface area contributed by atoms with Crippen LogP contribution < -0.4 is 5.32 Å². The van der Waals surface area contributed by atoms with Gasteiger partial charge in [0.2, 0.25) is 0 Å². The molecule has 1 unspecified atom stereocenters. The number of hydrogen-bond acceptors (Lipinski definition) is 4. The first kappa shape index (κ1) is 16.8. The van der Waals surface area contributed by atoms with Gasteiger partial charge in [0.05, 0.1) is 12.9 Å². The number of nitrogens with one attached hydrogen (secondary N) is 1. The molecule has 1 aromatic rings. The molecule has 1 fully saturated rings. The summed E-state index contributed by atoms with van der Waals surface area (Å²) in [6, 6.07) is 3.79. The molecule has 1 atom stereocenters. The Morgan fingerprint density at radius 1 is 1.55 bits per heavy atom. The molecule has 1 N–H and O–H groups in total. The summed E-state index contributed by atoms with van der Waals surface area (Å²) in [5.41, 5.74) is 0. The molecule has 1 saturated heterocycles. The molecule has 0 spiro atoms. The summed E-state index contributed by atoms with van der Waals surface area (Å²) in [4.78, 5) is 6.49. The van der Waals surface area contributed by atoms with Crippen LogP contribution in [0, 0.1) is 5.92 Å². The number of hydrogen-bond donors (Lipinski definition) is 1. The second kappa shape index (κ2) is 9.48. The molecule has 0 aliphatic carbocycles. The third-order valence-electron chi connectivity index (χ3n) is 3.70. The van der Waals surface area contributed by atoms with Crippen LogP contribution in [0.1, 0.15) is 18.6 Å². The van der Waals surface area contributed by atoms with E-state index in [0.717, 1.165) is 50.9 Å². The zero-order valence-corrected chi connectivity index (χ0v) is 13.6. The van der Waals surface area contributed by atoms with Crippen LogP contribution in [0.4, 0.5) is 0 Å². The summed E-state index contributed by atoms with van der Waals surface area (Å²) in [5, 5.41) is 3.37. The molecule has 0 aromatic carbocycles. The molecule has 22 heavy (non-hydrogen) atoms. The zero-order valence-electron chi connectivity index (χ0n) is 13.6. The van der Waals surface area contributed by atoms with Crippen LogP contribution in [-0.2, 0) is 16.1 Å². The standard InChI is InChI=1S/C16H27N3O3/c1-17-16(19(2)11-14-6-10-21-12-14)18-7-4-8-20-13-15-5-3-9-22-15/h3,5,9,14H,4,6-8,10-13H2,1-2H3,(H,17,18). The van der Waals surface area contributed by atoms with Crippen molar-refractivity contribution in [2.45, 2.75) is 19.4 Å². The Hall–Kier alpha value is -1.53. The quantitative estimate of drug-likeness (QED) is 0.450. The van der Waals surface area contributed by atoms with Gasteiger partial charge in [-0.15, -0.1) is 0 Å². The molecule has 1 aliphatic heterocycles. The summed E-state index contributed by atoms with van der Waals surface area (Å²) in [5.74, 6) is 2.40. The van der Waals surface area contributed by atoms with Gasteiger partial charge in [0.1, 0.15) is 12.4 Å². The van der Waals surface area contributed by atoms with Gasteiger partial charge in [0.25, 0.3) is 0 Å². The fourth-order valence-corrected chi connectivity index (χ4v) is 2.53.